The minimum atomic E-state index is -0.00997. The molecule has 0 spiro atoms. The van der Waals surface area contributed by atoms with Crippen LogP contribution in [-0.4, -0.2) is 43.1 Å². The van der Waals surface area contributed by atoms with Crippen molar-refractivity contribution in [3.63, 3.8) is 0 Å². The number of hydrogen-bond acceptors (Lipinski definition) is 3. The van der Waals surface area contributed by atoms with Crippen LogP contribution >= 0.6 is 0 Å². The van der Waals surface area contributed by atoms with Crippen molar-refractivity contribution >= 4 is 5.91 Å². The van der Waals surface area contributed by atoms with E-state index in [1.54, 1.807) is 0 Å². The first-order valence-corrected chi connectivity index (χ1v) is 10.1. The second-order valence-electron chi connectivity index (χ2n) is 8.35. The van der Waals surface area contributed by atoms with Gasteiger partial charge in [0.2, 0.25) is 5.91 Å². The molecule has 0 saturated carbocycles. The first kappa shape index (κ1) is 19.4. The second kappa shape index (κ2) is 8.53. The summed E-state index contributed by atoms with van der Waals surface area (Å²) in [7, 11) is 0. The van der Waals surface area contributed by atoms with Crippen LogP contribution in [0.1, 0.15) is 55.9 Å². The molecular weight excluding hydrogens is 324 g/mol. The molecule has 2 aliphatic rings. The van der Waals surface area contributed by atoms with Crippen LogP contribution in [0.5, 0.6) is 0 Å². The van der Waals surface area contributed by atoms with Crippen LogP contribution in [0, 0.1) is 25.7 Å². The summed E-state index contributed by atoms with van der Waals surface area (Å²) in [5.74, 6) is 1.42. The van der Waals surface area contributed by atoms with Gasteiger partial charge < -0.3 is 15.0 Å². The van der Waals surface area contributed by atoms with Gasteiger partial charge in [-0.3, -0.25) is 4.79 Å². The van der Waals surface area contributed by atoms with E-state index >= 15 is 0 Å². The largest absolute Gasteiger partial charge is 0.370 e. The van der Waals surface area contributed by atoms with E-state index in [1.807, 2.05) is 0 Å². The third-order valence-electron chi connectivity index (χ3n) is 6.22. The van der Waals surface area contributed by atoms with E-state index in [4.69, 9.17) is 4.74 Å². The summed E-state index contributed by atoms with van der Waals surface area (Å²) in [4.78, 5) is 15.1. The van der Waals surface area contributed by atoms with Crippen LogP contribution in [0.3, 0.4) is 0 Å². The summed E-state index contributed by atoms with van der Waals surface area (Å²) >= 11 is 0. The molecule has 3 unspecified atom stereocenters. The second-order valence-corrected chi connectivity index (χ2v) is 8.35. The van der Waals surface area contributed by atoms with Crippen molar-refractivity contribution in [2.45, 2.75) is 59.1 Å². The lowest BCUT2D eigenvalue weighted by Gasteiger charge is -2.40. The van der Waals surface area contributed by atoms with Crippen molar-refractivity contribution in [3.05, 3.63) is 34.9 Å². The van der Waals surface area contributed by atoms with Crippen LogP contribution in [0.2, 0.25) is 0 Å². The summed E-state index contributed by atoms with van der Waals surface area (Å²) in [6, 6.07) is 6.64. The van der Waals surface area contributed by atoms with Crippen LogP contribution in [0.25, 0.3) is 0 Å². The maximum absolute atomic E-state index is 13.0. The molecule has 1 N–H and O–H groups in total. The van der Waals surface area contributed by atoms with E-state index in [-0.39, 0.29) is 12.1 Å². The number of hydrogen-bond donors (Lipinski definition) is 1. The minimum absolute atomic E-state index is 0.00997. The summed E-state index contributed by atoms with van der Waals surface area (Å²) in [6.07, 6.45) is 3.04. The normalized spacial score (nSPS) is 25.9. The molecule has 1 amide bonds. The first-order chi connectivity index (χ1) is 12.5. The number of rotatable bonds is 4. The zero-order chi connectivity index (χ0) is 18.7. The third-order valence-corrected chi connectivity index (χ3v) is 6.22. The number of morpholine rings is 1. The molecule has 0 bridgehead atoms. The number of piperidine rings is 1. The summed E-state index contributed by atoms with van der Waals surface area (Å²) in [5, 5.41) is 3.42. The number of carbonyl (C=O) groups excluding carboxylic acids is 1. The van der Waals surface area contributed by atoms with Crippen LogP contribution in [0.4, 0.5) is 0 Å². The number of carbonyl (C=O) groups is 1. The van der Waals surface area contributed by atoms with Gasteiger partial charge in [0.15, 0.2) is 0 Å². The highest BCUT2D eigenvalue weighted by molar-refractivity contribution is 5.77. The molecule has 144 valence electrons. The van der Waals surface area contributed by atoms with Gasteiger partial charge in [-0.15, -0.1) is 0 Å². The van der Waals surface area contributed by atoms with E-state index in [2.05, 4.69) is 56.1 Å². The number of nitrogens with zero attached hydrogens (tertiary/aromatic N) is 1. The van der Waals surface area contributed by atoms with E-state index in [0.29, 0.717) is 37.3 Å². The summed E-state index contributed by atoms with van der Waals surface area (Å²) in [6.45, 7) is 12.1. The Balaban J connectivity index is 1.65. The predicted molar refractivity (Wildman–Crippen MR) is 105 cm³/mol. The van der Waals surface area contributed by atoms with Gasteiger partial charge in [-0.05, 0) is 69.7 Å². The number of amides is 1. The SMILES string of the molecule is Cc1ccc(C)c(C2CN(C(=O)CC(C)C3CCNCC3)C(C)CO2)c1. The molecule has 3 atom stereocenters. The van der Waals surface area contributed by atoms with Gasteiger partial charge in [0.1, 0.15) is 6.10 Å². The lowest BCUT2D eigenvalue weighted by atomic mass is 9.83. The summed E-state index contributed by atoms with van der Waals surface area (Å²) < 4.78 is 6.11. The molecule has 3 rings (SSSR count). The molecule has 4 nitrogen and oxygen atoms in total. The number of aryl methyl sites for hydroxylation is 2. The van der Waals surface area contributed by atoms with Crippen LogP contribution in [0.15, 0.2) is 18.2 Å². The van der Waals surface area contributed by atoms with Gasteiger partial charge in [0.25, 0.3) is 0 Å². The molecule has 0 aromatic heterocycles. The van der Waals surface area contributed by atoms with Gasteiger partial charge in [-0.25, -0.2) is 0 Å². The zero-order valence-electron chi connectivity index (χ0n) is 16.8. The molecule has 0 radical (unpaired) electrons. The monoisotopic (exact) mass is 358 g/mol. The Labute approximate surface area is 158 Å². The molecule has 4 heteroatoms. The molecule has 26 heavy (non-hydrogen) atoms. The van der Waals surface area contributed by atoms with E-state index in [0.717, 1.165) is 13.1 Å². The highest BCUT2D eigenvalue weighted by Gasteiger charge is 2.32. The Morgan fingerprint density at radius 3 is 2.77 bits per heavy atom. The number of benzene rings is 1. The Bertz CT molecular complexity index is 625. The lowest BCUT2D eigenvalue weighted by molar-refractivity contribution is -0.145. The van der Waals surface area contributed by atoms with E-state index in [9.17, 15) is 4.79 Å². The van der Waals surface area contributed by atoms with Crippen molar-refractivity contribution in [1.29, 1.82) is 0 Å². The molecule has 2 aliphatic heterocycles. The van der Waals surface area contributed by atoms with Crippen LogP contribution in [-0.2, 0) is 9.53 Å². The molecular formula is C22H34N2O2. The maximum atomic E-state index is 13.0. The minimum Gasteiger partial charge on any atom is -0.370 e. The van der Waals surface area contributed by atoms with E-state index in [1.165, 1.54) is 29.5 Å². The molecule has 2 fully saturated rings. The topological polar surface area (TPSA) is 41.6 Å². The van der Waals surface area contributed by atoms with Crippen molar-refractivity contribution in [3.8, 4) is 0 Å². The average Bonchev–Trinajstić information content (AvgIpc) is 2.65. The fourth-order valence-corrected chi connectivity index (χ4v) is 4.37. The Hall–Kier alpha value is -1.39. The fourth-order valence-electron chi connectivity index (χ4n) is 4.37. The molecule has 0 aliphatic carbocycles. The Morgan fingerprint density at radius 2 is 2.04 bits per heavy atom. The van der Waals surface area contributed by atoms with Crippen molar-refractivity contribution in [2.75, 3.05) is 26.2 Å². The molecule has 2 saturated heterocycles. The highest BCUT2D eigenvalue weighted by Crippen LogP contribution is 2.30. The maximum Gasteiger partial charge on any atom is 0.223 e. The highest BCUT2D eigenvalue weighted by atomic mass is 16.5. The lowest BCUT2D eigenvalue weighted by Crippen LogP contribution is -2.49. The quantitative estimate of drug-likeness (QED) is 0.894. The molecule has 1 aromatic carbocycles. The van der Waals surface area contributed by atoms with Crippen molar-refractivity contribution < 1.29 is 9.53 Å². The third kappa shape index (κ3) is 4.47. The van der Waals surface area contributed by atoms with Gasteiger partial charge in [0.05, 0.1) is 19.2 Å². The van der Waals surface area contributed by atoms with Crippen molar-refractivity contribution in [1.82, 2.24) is 10.2 Å². The standard InChI is InChI=1S/C22H34N2O2/c1-15-5-6-16(2)20(11-15)21-13-24(18(4)14-26-21)22(25)12-17(3)19-7-9-23-10-8-19/h5-6,11,17-19,21,23H,7-10,12-14H2,1-4H3. The fraction of sp³-hybridized carbons (Fsp3) is 0.682. The summed E-state index contributed by atoms with van der Waals surface area (Å²) in [5.41, 5.74) is 3.71. The average molecular weight is 359 g/mol. The van der Waals surface area contributed by atoms with Gasteiger partial charge >= 0.3 is 0 Å². The van der Waals surface area contributed by atoms with Crippen LogP contribution < -0.4 is 5.32 Å². The molecule has 1 aromatic rings. The Kier molecular flexibility index (Phi) is 6.36. The molecule has 2 heterocycles. The predicted octanol–water partition coefficient (Wildman–Crippen LogP) is 3.62. The number of nitrogens with one attached hydrogen (secondary N) is 1. The number of ether oxygens (including phenoxy) is 1. The van der Waals surface area contributed by atoms with Gasteiger partial charge in [-0.1, -0.05) is 30.7 Å². The van der Waals surface area contributed by atoms with Crippen molar-refractivity contribution in [2.24, 2.45) is 11.8 Å². The van der Waals surface area contributed by atoms with E-state index < -0.39 is 0 Å². The van der Waals surface area contributed by atoms with Gasteiger partial charge in [0, 0.05) is 6.42 Å². The Morgan fingerprint density at radius 1 is 1.31 bits per heavy atom. The smallest absolute Gasteiger partial charge is 0.223 e. The zero-order valence-corrected chi connectivity index (χ0v) is 16.8. The van der Waals surface area contributed by atoms with Gasteiger partial charge in [-0.2, -0.15) is 0 Å². The first-order valence-electron chi connectivity index (χ1n) is 10.1.